The van der Waals surface area contributed by atoms with Gasteiger partial charge in [-0.2, -0.15) is 9.61 Å². The summed E-state index contributed by atoms with van der Waals surface area (Å²) >= 11 is 1.51. The Morgan fingerprint density at radius 1 is 1.28 bits per heavy atom. The molecule has 0 amide bonds. The van der Waals surface area contributed by atoms with Gasteiger partial charge in [-0.15, -0.1) is 0 Å². The monoisotopic (exact) mass is 358 g/mol. The van der Waals surface area contributed by atoms with Gasteiger partial charge in [0.15, 0.2) is 0 Å². The minimum atomic E-state index is -0.00490. The third kappa shape index (κ3) is 2.87. The van der Waals surface area contributed by atoms with Crippen molar-refractivity contribution in [1.82, 2.24) is 19.5 Å². The number of ether oxygens (including phenoxy) is 1. The molecule has 4 rings (SSSR count). The van der Waals surface area contributed by atoms with Gasteiger partial charge in [0.05, 0.1) is 18.0 Å². The van der Waals surface area contributed by atoms with E-state index in [2.05, 4.69) is 34.0 Å². The summed E-state index contributed by atoms with van der Waals surface area (Å²) in [5.41, 5.74) is 1.15. The number of nitrogens with zero attached hydrogens (tertiary/aromatic N) is 4. The van der Waals surface area contributed by atoms with Crippen LogP contribution in [0.4, 0.5) is 0 Å². The number of aromatic nitrogens is 3. The van der Waals surface area contributed by atoms with Gasteiger partial charge in [-0.25, -0.2) is 4.98 Å². The van der Waals surface area contributed by atoms with Crippen molar-refractivity contribution in [3.8, 4) is 11.6 Å². The van der Waals surface area contributed by atoms with E-state index in [1.807, 2.05) is 12.1 Å². The lowest BCUT2D eigenvalue weighted by Gasteiger charge is -2.39. The molecule has 3 heterocycles. The number of aromatic hydroxyl groups is 1. The predicted molar refractivity (Wildman–Crippen MR) is 97.4 cm³/mol. The summed E-state index contributed by atoms with van der Waals surface area (Å²) in [6, 6.07) is 8.58. The Balaban J connectivity index is 1.82. The summed E-state index contributed by atoms with van der Waals surface area (Å²) in [5.74, 6) is 1.03. The van der Waals surface area contributed by atoms with Crippen LogP contribution in [-0.2, 0) is 0 Å². The first-order valence-corrected chi connectivity index (χ1v) is 9.41. The number of methoxy groups -OCH3 is 1. The Morgan fingerprint density at radius 3 is 2.76 bits per heavy atom. The minimum Gasteiger partial charge on any atom is -0.497 e. The maximum absolute atomic E-state index is 10.7. The van der Waals surface area contributed by atoms with Crippen molar-refractivity contribution < 1.29 is 9.84 Å². The normalized spacial score (nSPS) is 20.0. The Morgan fingerprint density at radius 2 is 2.08 bits per heavy atom. The number of hydrogen-bond donors (Lipinski definition) is 1. The number of piperidine rings is 1. The fraction of sp³-hybridized carbons (Fsp3) is 0.444. The zero-order chi connectivity index (χ0) is 17.4. The van der Waals surface area contributed by atoms with E-state index in [4.69, 9.17) is 4.74 Å². The van der Waals surface area contributed by atoms with E-state index in [1.165, 1.54) is 41.4 Å². The van der Waals surface area contributed by atoms with Crippen LogP contribution in [0.25, 0.3) is 4.96 Å². The highest BCUT2D eigenvalue weighted by molar-refractivity contribution is 7.17. The topological polar surface area (TPSA) is 62.9 Å². The summed E-state index contributed by atoms with van der Waals surface area (Å²) < 4.78 is 6.82. The lowest BCUT2D eigenvalue weighted by Crippen LogP contribution is -2.40. The maximum Gasteiger partial charge on any atom is 0.230 e. The molecule has 25 heavy (non-hydrogen) atoms. The molecule has 0 aliphatic carbocycles. The van der Waals surface area contributed by atoms with Crippen molar-refractivity contribution >= 4 is 16.3 Å². The van der Waals surface area contributed by atoms with E-state index in [9.17, 15) is 5.11 Å². The van der Waals surface area contributed by atoms with Crippen LogP contribution in [0.15, 0.2) is 30.6 Å². The molecule has 1 saturated heterocycles. The molecule has 6 nitrogen and oxygen atoms in total. The molecule has 3 aromatic rings. The summed E-state index contributed by atoms with van der Waals surface area (Å²) in [5, 5.41) is 14.9. The molecule has 0 spiro atoms. The van der Waals surface area contributed by atoms with Crippen LogP contribution in [0.1, 0.15) is 42.7 Å². The Kier molecular flexibility index (Phi) is 4.35. The fourth-order valence-electron chi connectivity index (χ4n) is 3.66. The quantitative estimate of drug-likeness (QED) is 0.774. The first-order valence-electron chi connectivity index (χ1n) is 8.60. The minimum absolute atomic E-state index is 0.00490. The van der Waals surface area contributed by atoms with Crippen LogP contribution in [0.2, 0.25) is 0 Å². The van der Waals surface area contributed by atoms with Gasteiger partial charge in [0.1, 0.15) is 12.1 Å². The van der Waals surface area contributed by atoms with E-state index in [-0.39, 0.29) is 11.9 Å². The van der Waals surface area contributed by atoms with Crippen LogP contribution in [-0.4, -0.2) is 44.3 Å². The van der Waals surface area contributed by atoms with Gasteiger partial charge >= 0.3 is 0 Å². The highest BCUT2D eigenvalue weighted by Crippen LogP contribution is 2.42. The van der Waals surface area contributed by atoms with Crippen LogP contribution in [0, 0.1) is 0 Å². The van der Waals surface area contributed by atoms with Crippen molar-refractivity contribution in [2.24, 2.45) is 0 Å². The first kappa shape index (κ1) is 16.4. The lowest BCUT2D eigenvalue weighted by molar-refractivity contribution is 0.125. The molecule has 1 aliphatic heterocycles. The zero-order valence-corrected chi connectivity index (χ0v) is 15.2. The molecular weight excluding hydrogens is 336 g/mol. The maximum atomic E-state index is 10.7. The number of benzene rings is 1. The molecule has 2 unspecified atom stereocenters. The van der Waals surface area contributed by atoms with Gasteiger partial charge in [-0.1, -0.05) is 29.9 Å². The van der Waals surface area contributed by atoms with Crippen LogP contribution >= 0.6 is 11.3 Å². The van der Waals surface area contributed by atoms with E-state index in [0.29, 0.717) is 6.04 Å². The molecule has 132 valence electrons. The molecule has 0 saturated carbocycles. The summed E-state index contributed by atoms with van der Waals surface area (Å²) in [7, 11) is 1.67. The van der Waals surface area contributed by atoms with E-state index in [0.717, 1.165) is 27.7 Å². The van der Waals surface area contributed by atoms with Gasteiger partial charge in [0, 0.05) is 6.04 Å². The second-order valence-corrected chi connectivity index (χ2v) is 7.51. The highest BCUT2D eigenvalue weighted by atomic mass is 32.1. The molecule has 0 radical (unpaired) electrons. The van der Waals surface area contributed by atoms with Crippen molar-refractivity contribution in [2.45, 2.75) is 38.3 Å². The Bertz CT molecular complexity index is 858. The number of fused-ring (bicyclic) bond motifs is 1. The number of likely N-dealkylation sites (tertiary alicyclic amines) is 1. The van der Waals surface area contributed by atoms with Gasteiger partial charge in [-0.3, -0.25) is 4.90 Å². The average molecular weight is 358 g/mol. The smallest absolute Gasteiger partial charge is 0.230 e. The van der Waals surface area contributed by atoms with Gasteiger partial charge in [-0.05, 0) is 44.0 Å². The van der Waals surface area contributed by atoms with Crippen LogP contribution in [0.5, 0.6) is 11.6 Å². The van der Waals surface area contributed by atoms with Crippen molar-refractivity contribution in [3.05, 3.63) is 41.0 Å². The fourth-order valence-corrected chi connectivity index (χ4v) is 4.73. The molecule has 1 aromatic carbocycles. The number of thiazole rings is 1. The zero-order valence-electron chi connectivity index (χ0n) is 14.4. The summed E-state index contributed by atoms with van der Waals surface area (Å²) in [4.78, 5) is 8.34. The first-order chi connectivity index (χ1) is 12.2. The second-order valence-electron chi connectivity index (χ2n) is 6.50. The second kappa shape index (κ2) is 6.65. The molecule has 1 aliphatic rings. The lowest BCUT2D eigenvalue weighted by atomic mass is 9.96. The third-order valence-corrected chi connectivity index (χ3v) is 6.09. The van der Waals surface area contributed by atoms with Crippen LogP contribution < -0.4 is 4.74 Å². The van der Waals surface area contributed by atoms with Crippen molar-refractivity contribution in [1.29, 1.82) is 0 Å². The van der Waals surface area contributed by atoms with Gasteiger partial charge in [0.2, 0.25) is 10.8 Å². The molecule has 0 bridgehead atoms. The molecule has 7 heteroatoms. The molecule has 1 N–H and O–H groups in total. The van der Waals surface area contributed by atoms with E-state index in [1.54, 1.807) is 7.11 Å². The molecule has 2 aromatic heterocycles. The number of rotatable bonds is 4. The predicted octanol–water partition coefficient (Wildman–Crippen LogP) is 3.47. The van der Waals surface area contributed by atoms with Crippen molar-refractivity contribution in [3.63, 3.8) is 0 Å². The average Bonchev–Trinajstić information content (AvgIpc) is 3.21. The van der Waals surface area contributed by atoms with Crippen molar-refractivity contribution in [2.75, 3.05) is 13.7 Å². The van der Waals surface area contributed by atoms with E-state index >= 15 is 0 Å². The summed E-state index contributed by atoms with van der Waals surface area (Å²) in [6.07, 6.45) is 5.09. The third-order valence-electron chi connectivity index (χ3n) is 5.00. The SMILES string of the molecule is COc1ccc(C(c2sc3ncnn3c2O)N2CCCCC2C)cc1. The molecular formula is C18H22N4O2S. The van der Waals surface area contributed by atoms with Gasteiger partial charge < -0.3 is 9.84 Å². The molecule has 1 fully saturated rings. The highest BCUT2D eigenvalue weighted by Gasteiger charge is 2.33. The summed E-state index contributed by atoms with van der Waals surface area (Å²) in [6.45, 7) is 3.29. The standard InChI is InChI=1S/C18H22N4O2S/c1-12-5-3-4-10-21(12)15(13-6-8-14(24-2)9-7-13)16-17(23)22-18(25-16)19-11-20-22/h6-9,11-12,15,23H,3-5,10H2,1-2H3. The number of hydrogen-bond acceptors (Lipinski definition) is 6. The Labute approximate surface area is 150 Å². The molecule has 2 atom stereocenters. The Hall–Kier alpha value is -2.12. The van der Waals surface area contributed by atoms with E-state index < -0.39 is 0 Å². The van der Waals surface area contributed by atoms with Gasteiger partial charge in [0.25, 0.3) is 0 Å². The van der Waals surface area contributed by atoms with Crippen LogP contribution in [0.3, 0.4) is 0 Å². The largest absolute Gasteiger partial charge is 0.497 e.